The molecule has 0 saturated heterocycles. The number of carbonyl (C=O) groups is 1. The van der Waals surface area contributed by atoms with Crippen molar-refractivity contribution < 1.29 is 9.53 Å². The van der Waals surface area contributed by atoms with Gasteiger partial charge in [0.15, 0.2) is 0 Å². The third-order valence-corrected chi connectivity index (χ3v) is 7.06. The second kappa shape index (κ2) is 11.7. The van der Waals surface area contributed by atoms with Gasteiger partial charge in [0.2, 0.25) is 0 Å². The molecule has 0 atom stereocenters. The fraction of sp³-hybridized carbons (Fsp3) is 0.917. The average molecular weight is 376 g/mol. The number of hydrogen-bond donors (Lipinski definition) is 0. The molecule has 0 radical (unpaired) electrons. The molecular weight excluding hydrogens is 334 g/mol. The van der Waals surface area contributed by atoms with Crippen LogP contribution in [0, 0.1) is 28.6 Å². The van der Waals surface area contributed by atoms with Gasteiger partial charge in [-0.1, -0.05) is 58.8 Å². The Bertz CT molecular complexity index is 465. The molecule has 3 nitrogen and oxygen atoms in total. The van der Waals surface area contributed by atoms with Crippen LogP contribution in [-0.2, 0) is 9.53 Å². The zero-order valence-corrected chi connectivity index (χ0v) is 17.8. The first-order valence-corrected chi connectivity index (χ1v) is 11.7. The van der Waals surface area contributed by atoms with E-state index in [1.807, 2.05) is 0 Å². The first-order chi connectivity index (χ1) is 13.1. The highest BCUT2D eigenvalue weighted by Crippen LogP contribution is 2.41. The van der Waals surface area contributed by atoms with Crippen LogP contribution >= 0.6 is 0 Å². The molecule has 0 amide bonds. The lowest BCUT2D eigenvalue weighted by Gasteiger charge is -2.35. The van der Waals surface area contributed by atoms with Gasteiger partial charge in [-0.05, 0) is 63.7 Å². The topological polar surface area (TPSA) is 50.1 Å². The Balaban J connectivity index is 1.66. The molecule has 0 aliphatic heterocycles. The van der Waals surface area contributed by atoms with Crippen LogP contribution in [0.1, 0.15) is 117 Å². The third kappa shape index (κ3) is 7.13. The van der Waals surface area contributed by atoms with Gasteiger partial charge in [0.05, 0.1) is 17.4 Å². The van der Waals surface area contributed by atoms with Gasteiger partial charge in [0, 0.05) is 0 Å². The second-order valence-corrected chi connectivity index (χ2v) is 9.20. The van der Waals surface area contributed by atoms with Gasteiger partial charge >= 0.3 is 5.97 Å². The van der Waals surface area contributed by atoms with Crippen LogP contribution in [0.15, 0.2) is 0 Å². The van der Waals surface area contributed by atoms with Crippen LogP contribution in [0.3, 0.4) is 0 Å². The molecule has 3 heteroatoms. The van der Waals surface area contributed by atoms with E-state index in [2.05, 4.69) is 19.9 Å². The first-order valence-electron chi connectivity index (χ1n) is 11.7. The summed E-state index contributed by atoms with van der Waals surface area (Å²) in [4.78, 5) is 12.6. The van der Waals surface area contributed by atoms with Crippen molar-refractivity contribution in [3.05, 3.63) is 0 Å². The molecule has 0 aromatic carbocycles. The molecule has 27 heavy (non-hydrogen) atoms. The van der Waals surface area contributed by atoms with Crippen molar-refractivity contribution >= 4 is 5.97 Å². The maximum absolute atomic E-state index is 12.6. The fourth-order valence-electron chi connectivity index (χ4n) is 5.00. The number of nitrogens with zero attached hydrogens (tertiary/aromatic N) is 1. The molecule has 2 fully saturated rings. The Morgan fingerprint density at radius 1 is 0.963 bits per heavy atom. The van der Waals surface area contributed by atoms with E-state index in [4.69, 9.17) is 4.74 Å². The molecule has 0 aromatic heterocycles. The highest BCUT2D eigenvalue weighted by molar-refractivity contribution is 5.72. The van der Waals surface area contributed by atoms with E-state index in [1.165, 1.54) is 44.9 Å². The van der Waals surface area contributed by atoms with E-state index < -0.39 is 0 Å². The van der Waals surface area contributed by atoms with Crippen molar-refractivity contribution in [2.24, 2.45) is 17.3 Å². The molecule has 154 valence electrons. The molecule has 0 bridgehead atoms. The zero-order chi connectivity index (χ0) is 19.5. The minimum absolute atomic E-state index is 0.0439. The van der Waals surface area contributed by atoms with Gasteiger partial charge in [0.25, 0.3) is 0 Å². The highest BCUT2D eigenvalue weighted by Gasteiger charge is 2.37. The van der Waals surface area contributed by atoms with Gasteiger partial charge in [-0.15, -0.1) is 0 Å². The molecule has 0 spiro atoms. The lowest BCUT2D eigenvalue weighted by molar-refractivity contribution is -0.158. The number of ether oxygens (including phenoxy) is 1. The van der Waals surface area contributed by atoms with Gasteiger partial charge in [0.1, 0.15) is 6.10 Å². The lowest BCUT2D eigenvalue weighted by Crippen LogP contribution is -2.33. The van der Waals surface area contributed by atoms with Crippen molar-refractivity contribution in [3.8, 4) is 6.07 Å². The van der Waals surface area contributed by atoms with Crippen molar-refractivity contribution in [1.29, 1.82) is 5.26 Å². The number of hydrogen-bond acceptors (Lipinski definition) is 3. The fourth-order valence-corrected chi connectivity index (χ4v) is 5.00. The van der Waals surface area contributed by atoms with Crippen LogP contribution in [-0.4, -0.2) is 12.1 Å². The summed E-state index contributed by atoms with van der Waals surface area (Å²) in [7, 11) is 0. The summed E-state index contributed by atoms with van der Waals surface area (Å²) in [6.07, 6.45) is 18.0. The molecule has 0 unspecified atom stereocenters. The largest absolute Gasteiger partial charge is 0.462 e. The van der Waals surface area contributed by atoms with E-state index in [0.29, 0.717) is 0 Å². The molecule has 0 aromatic rings. The summed E-state index contributed by atoms with van der Waals surface area (Å²) in [5.74, 6) is 0.998. The summed E-state index contributed by atoms with van der Waals surface area (Å²) < 4.78 is 5.87. The van der Waals surface area contributed by atoms with Gasteiger partial charge in [-0.3, -0.25) is 4.79 Å². The molecule has 2 saturated carbocycles. The number of unbranched alkanes of at least 4 members (excludes halogenated alkanes) is 4. The molecule has 2 rings (SSSR count). The van der Waals surface area contributed by atoms with E-state index in [-0.39, 0.29) is 23.4 Å². The molecule has 0 heterocycles. The van der Waals surface area contributed by atoms with Gasteiger partial charge in [-0.2, -0.15) is 5.26 Å². The summed E-state index contributed by atoms with van der Waals surface area (Å²) in [5.41, 5.74) is -0.158. The Labute approximate surface area is 167 Å². The summed E-state index contributed by atoms with van der Waals surface area (Å²) in [6.45, 7) is 4.44. The lowest BCUT2D eigenvalue weighted by atomic mass is 9.71. The predicted octanol–water partition coefficient (Wildman–Crippen LogP) is 6.95. The number of rotatable bonds is 10. The second-order valence-electron chi connectivity index (χ2n) is 9.20. The van der Waals surface area contributed by atoms with Crippen LogP contribution in [0.2, 0.25) is 0 Å². The van der Waals surface area contributed by atoms with Crippen LogP contribution in [0.4, 0.5) is 0 Å². The quantitative estimate of drug-likeness (QED) is 0.306. The molecular formula is C24H41NO2. The molecule has 0 N–H and O–H groups in total. The smallest absolute Gasteiger partial charge is 0.309 e. The van der Waals surface area contributed by atoms with Crippen LogP contribution in [0.5, 0.6) is 0 Å². The van der Waals surface area contributed by atoms with Crippen molar-refractivity contribution in [2.75, 3.05) is 0 Å². The molecule has 2 aliphatic carbocycles. The number of carbonyl (C=O) groups excluding carboxylic acids is 1. The van der Waals surface area contributed by atoms with E-state index >= 15 is 0 Å². The van der Waals surface area contributed by atoms with Gasteiger partial charge < -0.3 is 4.74 Å². The Kier molecular flexibility index (Phi) is 9.66. The van der Waals surface area contributed by atoms with Crippen molar-refractivity contribution in [2.45, 2.75) is 123 Å². The minimum Gasteiger partial charge on any atom is -0.462 e. The first kappa shape index (κ1) is 22.3. The van der Waals surface area contributed by atoms with E-state index in [1.54, 1.807) is 0 Å². The van der Waals surface area contributed by atoms with E-state index in [9.17, 15) is 10.1 Å². The minimum atomic E-state index is -0.158. The molecule has 2 aliphatic rings. The number of esters is 1. The van der Waals surface area contributed by atoms with Gasteiger partial charge in [-0.25, -0.2) is 0 Å². The zero-order valence-electron chi connectivity index (χ0n) is 17.8. The SMILES string of the molecule is CCCCCC[C@H]1CC[C@H](C(=O)O[C@H]2CC[C@](C#N)(CCCC)CC2)CC1. The van der Waals surface area contributed by atoms with Crippen LogP contribution < -0.4 is 0 Å². The monoisotopic (exact) mass is 375 g/mol. The Hall–Kier alpha value is -1.04. The Morgan fingerprint density at radius 2 is 1.63 bits per heavy atom. The summed E-state index contributed by atoms with van der Waals surface area (Å²) in [5, 5.41) is 9.60. The van der Waals surface area contributed by atoms with Crippen molar-refractivity contribution in [3.63, 3.8) is 0 Å². The van der Waals surface area contributed by atoms with Crippen LogP contribution in [0.25, 0.3) is 0 Å². The van der Waals surface area contributed by atoms with E-state index in [0.717, 1.165) is 63.7 Å². The average Bonchev–Trinajstić information content (AvgIpc) is 2.71. The normalized spacial score (nSPS) is 31.2. The maximum Gasteiger partial charge on any atom is 0.309 e. The third-order valence-electron chi connectivity index (χ3n) is 7.06. The summed E-state index contributed by atoms with van der Waals surface area (Å²) in [6, 6.07) is 2.58. The maximum atomic E-state index is 12.6. The van der Waals surface area contributed by atoms with Crippen molar-refractivity contribution in [1.82, 2.24) is 0 Å². The summed E-state index contributed by atoms with van der Waals surface area (Å²) >= 11 is 0. The Morgan fingerprint density at radius 3 is 2.22 bits per heavy atom. The highest BCUT2D eigenvalue weighted by atomic mass is 16.5. The predicted molar refractivity (Wildman–Crippen MR) is 110 cm³/mol. The standard InChI is InChI=1S/C24H41NO2/c1-3-5-7-8-9-20-10-12-21(13-11-20)23(26)27-22-14-17-24(19-25,18-15-22)16-6-4-2/h20-22H,3-18H2,1-2H3/t20-,21-,22-,24+. The number of nitriles is 1.